The molecule has 0 unspecified atom stereocenters. The molecule has 10 heteroatoms. The summed E-state index contributed by atoms with van der Waals surface area (Å²) in [7, 11) is 0. The SMILES string of the molecule is CCNC(=NCc1ccc(C)cc1OCC(F)(F)F)NCc1ccon1.I. The van der Waals surface area contributed by atoms with Crippen LogP contribution in [0.1, 0.15) is 23.7 Å². The van der Waals surface area contributed by atoms with E-state index in [2.05, 4.69) is 20.8 Å². The van der Waals surface area contributed by atoms with E-state index in [0.29, 0.717) is 30.3 Å². The highest BCUT2D eigenvalue weighted by Crippen LogP contribution is 2.24. The lowest BCUT2D eigenvalue weighted by atomic mass is 10.1. The van der Waals surface area contributed by atoms with Crippen LogP contribution in [0.3, 0.4) is 0 Å². The number of nitrogens with one attached hydrogen (secondary N) is 2. The van der Waals surface area contributed by atoms with E-state index in [1.165, 1.54) is 6.26 Å². The van der Waals surface area contributed by atoms with Crippen molar-refractivity contribution in [1.82, 2.24) is 15.8 Å². The maximum atomic E-state index is 12.4. The molecule has 0 amide bonds. The molecule has 2 aromatic rings. The van der Waals surface area contributed by atoms with Gasteiger partial charge in [-0.15, -0.1) is 24.0 Å². The highest BCUT2D eigenvalue weighted by molar-refractivity contribution is 14.0. The highest BCUT2D eigenvalue weighted by atomic mass is 127. The van der Waals surface area contributed by atoms with Gasteiger partial charge >= 0.3 is 6.18 Å². The average molecular weight is 498 g/mol. The summed E-state index contributed by atoms with van der Waals surface area (Å²) in [5.41, 5.74) is 2.09. The number of nitrogens with zero attached hydrogens (tertiary/aromatic N) is 2. The van der Waals surface area contributed by atoms with Crippen molar-refractivity contribution in [3.63, 3.8) is 0 Å². The molecule has 150 valence electrons. The van der Waals surface area contributed by atoms with Gasteiger partial charge in [0.2, 0.25) is 0 Å². The van der Waals surface area contributed by atoms with E-state index >= 15 is 0 Å². The molecule has 0 aliphatic heterocycles. The first-order chi connectivity index (χ1) is 12.4. The Labute approximate surface area is 172 Å². The Kier molecular flexibility index (Phi) is 9.39. The molecule has 0 fully saturated rings. The second kappa shape index (κ2) is 11.0. The van der Waals surface area contributed by atoms with Crippen LogP contribution in [0.4, 0.5) is 13.2 Å². The molecule has 0 saturated carbocycles. The third-order valence-corrected chi connectivity index (χ3v) is 3.29. The molecule has 2 N–H and O–H groups in total. The van der Waals surface area contributed by atoms with Crippen LogP contribution >= 0.6 is 24.0 Å². The molecule has 1 aromatic heterocycles. The molecule has 0 aliphatic rings. The summed E-state index contributed by atoms with van der Waals surface area (Å²) < 4.78 is 47.0. The molecule has 0 spiro atoms. The van der Waals surface area contributed by atoms with Crippen molar-refractivity contribution in [2.24, 2.45) is 4.99 Å². The minimum atomic E-state index is -4.39. The second-order valence-corrected chi connectivity index (χ2v) is 5.55. The Morgan fingerprint density at radius 3 is 2.67 bits per heavy atom. The Hall–Kier alpha value is -1.98. The predicted octanol–water partition coefficient (Wildman–Crippen LogP) is 3.80. The number of alkyl halides is 3. The standard InChI is InChI=1S/C17H21F3N4O2.HI/c1-3-21-16(23-10-14-6-7-26-24-14)22-9-13-5-4-12(2)8-15(13)25-11-17(18,19)20;/h4-8H,3,9-11H2,1-2H3,(H2,21,22,23);1H. The lowest BCUT2D eigenvalue weighted by Crippen LogP contribution is -2.36. The van der Waals surface area contributed by atoms with Crippen LogP contribution in [0.25, 0.3) is 0 Å². The van der Waals surface area contributed by atoms with Crippen LogP contribution in [-0.4, -0.2) is 30.4 Å². The summed E-state index contributed by atoms with van der Waals surface area (Å²) in [4.78, 5) is 4.39. The zero-order valence-corrected chi connectivity index (χ0v) is 17.3. The normalized spacial score (nSPS) is 11.7. The Bertz CT molecular complexity index is 721. The first-order valence-electron chi connectivity index (χ1n) is 8.08. The van der Waals surface area contributed by atoms with Crippen molar-refractivity contribution in [1.29, 1.82) is 0 Å². The Balaban J connectivity index is 0.00000364. The average Bonchev–Trinajstić information content (AvgIpc) is 3.09. The molecule has 6 nitrogen and oxygen atoms in total. The molecule has 27 heavy (non-hydrogen) atoms. The van der Waals surface area contributed by atoms with Crippen LogP contribution in [0.15, 0.2) is 40.0 Å². The minimum absolute atomic E-state index is 0. The van der Waals surface area contributed by atoms with E-state index in [4.69, 9.17) is 9.26 Å². The summed E-state index contributed by atoms with van der Waals surface area (Å²) >= 11 is 0. The summed E-state index contributed by atoms with van der Waals surface area (Å²) in [6.45, 7) is 3.58. The Morgan fingerprint density at radius 1 is 1.26 bits per heavy atom. The lowest BCUT2D eigenvalue weighted by Gasteiger charge is -2.14. The number of ether oxygens (including phenoxy) is 1. The molecule has 1 heterocycles. The van der Waals surface area contributed by atoms with Gasteiger partial charge in [-0.25, -0.2) is 4.99 Å². The molecular weight excluding hydrogens is 476 g/mol. The van der Waals surface area contributed by atoms with Crippen LogP contribution < -0.4 is 15.4 Å². The number of guanidine groups is 1. The summed E-state index contributed by atoms with van der Waals surface area (Å²) in [5.74, 6) is 0.691. The molecule has 0 saturated heterocycles. The van der Waals surface area contributed by atoms with Crippen molar-refractivity contribution in [2.75, 3.05) is 13.2 Å². The third-order valence-electron chi connectivity index (χ3n) is 3.29. The second-order valence-electron chi connectivity index (χ2n) is 5.55. The van der Waals surface area contributed by atoms with Crippen LogP contribution in [0, 0.1) is 6.92 Å². The van der Waals surface area contributed by atoms with Gasteiger partial charge in [-0.2, -0.15) is 13.2 Å². The monoisotopic (exact) mass is 498 g/mol. The summed E-state index contributed by atoms with van der Waals surface area (Å²) in [5, 5.41) is 9.93. The quantitative estimate of drug-likeness (QED) is 0.346. The maximum absolute atomic E-state index is 12.4. The number of benzene rings is 1. The molecular formula is C17H22F3IN4O2. The van der Waals surface area contributed by atoms with E-state index in [1.54, 1.807) is 31.2 Å². The van der Waals surface area contributed by atoms with Crippen LogP contribution in [0.2, 0.25) is 0 Å². The summed E-state index contributed by atoms with van der Waals surface area (Å²) in [6.07, 6.45) is -2.92. The van der Waals surface area contributed by atoms with E-state index < -0.39 is 12.8 Å². The number of rotatable bonds is 7. The largest absolute Gasteiger partial charge is 0.484 e. The molecule has 0 bridgehead atoms. The first kappa shape index (κ1) is 23.1. The number of aryl methyl sites for hydroxylation is 1. The topological polar surface area (TPSA) is 71.7 Å². The zero-order chi connectivity index (χ0) is 19.0. The minimum Gasteiger partial charge on any atom is -0.484 e. The number of hydrogen-bond donors (Lipinski definition) is 2. The number of aromatic nitrogens is 1. The smallest absolute Gasteiger partial charge is 0.422 e. The predicted molar refractivity (Wildman–Crippen MR) is 106 cm³/mol. The molecule has 0 radical (unpaired) electrons. The lowest BCUT2D eigenvalue weighted by molar-refractivity contribution is -0.153. The zero-order valence-electron chi connectivity index (χ0n) is 15.0. The molecule has 0 atom stereocenters. The first-order valence-corrected chi connectivity index (χ1v) is 8.08. The highest BCUT2D eigenvalue weighted by Gasteiger charge is 2.28. The van der Waals surface area contributed by atoms with Gasteiger partial charge in [0.05, 0.1) is 13.1 Å². The van der Waals surface area contributed by atoms with Crippen LogP contribution in [0.5, 0.6) is 5.75 Å². The van der Waals surface area contributed by atoms with Crippen LogP contribution in [-0.2, 0) is 13.1 Å². The van der Waals surface area contributed by atoms with Gasteiger partial charge in [-0.3, -0.25) is 0 Å². The fourth-order valence-corrected chi connectivity index (χ4v) is 2.10. The third kappa shape index (κ3) is 8.50. The molecule has 0 aliphatic carbocycles. The van der Waals surface area contributed by atoms with E-state index in [0.717, 1.165) is 5.56 Å². The van der Waals surface area contributed by atoms with Crippen molar-refractivity contribution in [3.05, 3.63) is 47.3 Å². The van der Waals surface area contributed by atoms with E-state index in [9.17, 15) is 13.2 Å². The van der Waals surface area contributed by atoms with Gasteiger partial charge < -0.3 is 19.9 Å². The molecule has 2 rings (SSSR count). The van der Waals surface area contributed by atoms with E-state index in [-0.39, 0.29) is 36.3 Å². The summed E-state index contributed by atoms with van der Waals surface area (Å²) in [6, 6.07) is 6.82. The fraction of sp³-hybridized carbons (Fsp3) is 0.412. The van der Waals surface area contributed by atoms with Crippen molar-refractivity contribution >= 4 is 29.9 Å². The van der Waals surface area contributed by atoms with Gasteiger partial charge in [0.1, 0.15) is 17.7 Å². The maximum Gasteiger partial charge on any atom is 0.422 e. The van der Waals surface area contributed by atoms with Crippen molar-refractivity contribution in [2.45, 2.75) is 33.1 Å². The fourth-order valence-electron chi connectivity index (χ4n) is 2.10. The number of hydrogen-bond acceptors (Lipinski definition) is 4. The van der Waals surface area contributed by atoms with Gasteiger partial charge in [0, 0.05) is 18.2 Å². The van der Waals surface area contributed by atoms with Gasteiger partial charge in [0.15, 0.2) is 12.6 Å². The van der Waals surface area contributed by atoms with Gasteiger partial charge in [0.25, 0.3) is 0 Å². The number of halogens is 4. The molecule has 1 aromatic carbocycles. The van der Waals surface area contributed by atoms with Crippen molar-refractivity contribution in [3.8, 4) is 5.75 Å². The van der Waals surface area contributed by atoms with E-state index in [1.807, 2.05) is 6.92 Å². The Morgan fingerprint density at radius 2 is 2.04 bits per heavy atom. The van der Waals surface area contributed by atoms with Crippen molar-refractivity contribution < 1.29 is 22.4 Å². The van der Waals surface area contributed by atoms with Gasteiger partial charge in [-0.05, 0) is 25.5 Å². The van der Waals surface area contributed by atoms with Gasteiger partial charge in [-0.1, -0.05) is 17.3 Å². The number of aliphatic imine (C=N–C) groups is 1.